The first kappa shape index (κ1) is 13.1. The Labute approximate surface area is 120 Å². The number of carbonyl (C=O) groups is 1. The average molecular weight is 278 g/mol. The summed E-state index contributed by atoms with van der Waals surface area (Å²) in [5, 5.41) is 11.8. The summed E-state index contributed by atoms with van der Waals surface area (Å²) >= 11 is 0. The average Bonchev–Trinajstić information content (AvgIpc) is 2.51. The molecule has 0 saturated carbocycles. The van der Waals surface area contributed by atoms with E-state index < -0.39 is 5.97 Å². The van der Waals surface area contributed by atoms with E-state index in [1.165, 1.54) is 6.07 Å². The van der Waals surface area contributed by atoms with E-state index in [2.05, 4.69) is 0 Å². The molecule has 0 unspecified atom stereocenters. The molecule has 1 aromatic heterocycles. The van der Waals surface area contributed by atoms with Crippen molar-refractivity contribution in [3.05, 3.63) is 70.5 Å². The Morgan fingerprint density at radius 3 is 2.43 bits per heavy atom. The summed E-state index contributed by atoms with van der Waals surface area (Å²) in [5.74, 6) is -1.29. The van der Waals surface area contributed by atoms with E-state index in [0.717, 1.165) is 5.52 Å². The number of hydrogen-bond acceptors (Lipinski definition) is 3. The van der Waals surface area contributed by atoms with Crippen molar-refractivity contribution in [3.8, 4) is 11.1 Å². The van der Waals surface area contributed by atoms with E-state index in [1.807, 2.05) is 23.7 Å². The molecule has 0 aliphatic heterocycles. The normalized spacial score (nSPS) is 10.7. The second kappa shape index (κ2) is 4.90. The minimum absolute atomic E-state index is 0.0184. The van der Waals surface area contributed by atoms with Crippen LogP contribution < -0.4 is 10.5 Å². The van der Waals surface area contributed by atoms with Crippen molar-refractivity contribution in [2.24, 2.45) is 7.05 Å². The summed E-state index contributed by atoms with van der Waals surface area (Å²) in [7, 11) is 1.83. The smallest absolute Gasteiger partial charge is 0.197 e. The maximum atomic E-state index is 12.6. The lowest BCUT2D eigenvalue weighted by molar-refractivity contribution is -0.254. The van der Waals surface area contributed by atoms with E-state index in [9.17, 15) is 14.7 Å². The summed E-state index contributed by atoms with van der Waals surface area (Å²) in [6, 6.07) is 13.6. The highest BCUT2D eigenvalue weighted by Gasteiger charge is 2.12. The van der Waals surface area contributed by atoms with Crippen LogP contribution in [0, 0.1) is 0 Å². The van der Waals surface area contributed by atoms with E-state index >= 15 is 0 Å². The molecule has 0 amide bonds. The van der Waals surface area contributed by atoms with Gasteiger partial charge in [0.15, 0.2) is 5.43 Å². The van der Waals surface area contributed by atoms with Crippen LogP contribution in [0.4, 0.5) is 0 Å². The molecule has 104 valence electrons. The van der Waals surface area contributed by atoms with Crippen LogP contribution in [0.3, 0.4) is 0 Å². The van der Waals surface area contributed by atoms with Gasteiger partial charge in [-0.2, -0.15) is 0 Å². The first-order chi connectivity index (χ1) is 10.1. The monoisotopic (exact) mass is 278 g/mol. The Balaban J connectivity index is 2.40. The van der Waals surface area contributed by atoms with Gasteiger partial charge in [0.25, 0.3) is 0 Å². The van der Waals surface area contributed by atoms with E-state index in [1.54, 1.807) is 36.5 Å². The van der Waals surface area contributed by atoms with Crippen molar-refractivity contribution in [2.75, 3.05) is 0 Å². The second-order valence-electron chi connectivity index (χ2n) is 4.83. The number of pyridine rings is 1. The molecule has 3 aromatic rings. The zero-order valence-electron chi connectivity index (χ0n) is 11.4. The van der Waals surface area contributed by atoms with Crippen molar-refractivity contribution in [2.45, 2.75) is 0 Å². The Morgan fingerprint density at radius 2 is 1.67 bits per heavy atom. The molecule has 3 rings (SSSR count). The number of para-hydroxylation sites is 1. The Morgan fingerprint density at radius 1 is 1.00 bits per heavy atom. The van der Waals surface area contributed by atoms with Crippen LogP contribution in [-0.4, -0.2) is 10.5 Å². The molecule has 1 heterocycles. The number of carboxylic acid groups (broad SMARTS) is 1. The Kier molecular flexibility index (Phi) is 3.06. The molecule has 21 heavy (non-hydrogen) atoms. The molecule has 0 N–H and O–H groups in total. The fraction of sp³-hybridized carbons (Fsp3) is 0.0588. The van der Waals surface area contributed by atoms with Crippen LogP contribution in [0.25, 0.3) is 22.0 Å². The molecular weight excluding hydrogens is 266 g/mol. The molecular formula is C17H12NO3-. The van der Waals surface area contributed by atoms with Crippen molar-refractivity contribution >= 4 is 16.9 Å². The molecule has 0 bridgehead atoms. The molecule has 0 radical (unpaired) electrons. The molecule has 0 fully saturated rings. The zero-order chi connectivity index (χ0) is 15.0. The number of carboxylic acids is 1. The van der Waals surface area contributed by atoms with Gasteiger partial charge in [0.1, 0.15) is 0 Å². The maximum Gasteiger partial charge on any atom is 0.197 e. The molecule has 4 heteroatoms. The summed E-state index contributed by atoms with van der Waals surface area (Å²) < 4.78 is 1.82. The van der Waals surface area contributed by atoms with Gasteiger partial charge < -0.3 is 14.5 Å². The molecule has 2 aromatic carbocycles. The third-order valence-corrected chi connectivity index (χ3v) is 3.53. The van der Waals surface area contributed by atoms with Gasteiger partial charge in [-0.1, -0.05) is 36.4 Å². The maximum absolute atomic E-state index is 12.6. The number of aromatic nitrogens is 1. The van der Waals surface area contributed by atoms with Crippen LogP contribution >= 0.6 is 0 Å². The molecule has 4 nitrogen and oxygen atoms in total. The fourth-order valence-corrected chi connectivity index (χ4v) is 2.53. The number of aryl methyl sites for hydroxylation is 1. The third-order valence-electron chi connectivity index (χ3n) is 3.53. The summed E-state index contributed by atoms with van der Waals surface area (Å²) in [6.07, 6.45) is 1.66. The molecule has 0 aliphatic rings. The Hall–Kier alpha value is -2.88. The van der Waals surface area contributed by atoms with Crippen LogP contribution in [0.15, 0.2) is 59.5 Å². The molecule has 0 aliphatic carbocycles. The number of benzene rings is 2. The minimum Gasteiger partial charge on any atom is -0.545 e. The largest absolute Gasteiger partial charge is 0.545 e. The van der Waals surface area contributed by atoms with E-state index in [0.29, 0.717) is 16.5 Å². The lowest BCUT2D eigenvalue weighted by Gasteiger charge is -2.13. The first-order valence-electron chi connectivity index (χ1n) is 6.48. The highest BCUT2D eigenvalue weighted by molar-refractivity contribution is 5.96. The summed E-state index contributed by atoms with van der Waals surface area (Å²) in [4.78, 5) is 23.9. The topological polar surface area (TPSA) is 62.1 Å². The second-order valence-corrected chi connectivity index (χ2v) is 4.83. The van der Waals surface area contributed by atoms with Crippen LogP contribution in [-0.2, 0) is 7.05 Å². The standard InChI is InChI=1S/C17H13NO3/c1-18-10-14(11-6-2-3-7-12(11)17(20)21)16(19)13-8-4-5-9-15(13)18/h2-10H,1H3,(H,20,21)/p-1. The summed E-state index contributed by atoms with van der Waals surface area (Å²) in [5.41, 5.74) is 1.37. The fourth-order valence-electron chi connectivity index (χ4n) is 2.53. The van der Waals surface area contributed by atoms with Crippen LogP contribution in [0.1, 0.15) is 10.4 Å². The van der Waals surface area contributed by atoms with Gasteiger partial charge in [-0.15, -0.1) is 0 Å². The van der Waals surface area contributed by atoms with Gasteiger partial charge in [0.2, 0.25) is 0 Å². The molecule has 0 saturated heterocycles. The number of carbonyl (C=O) groups excluding carboxylic acids is 1. The number of rotatable bonds is 2. The van der Waals surface area contributed by atoms with Gasteiger partial charge in [0, 0.05) is 29.8 Å². The predicted molar refractivity (Wildman–Crippen MR) is 79.0 cm³/mol. The van der Waals surface area contributed by atoms with Crippen molar-refractivity contribution in [1.29, 1.82) is 0 Å². The third kappa shape index (κ3) is 2.10. The van der Waals surface area contributed by atoms with E-state index in [-0.39, 0.29) is 11.0 Å². The number of nitrogens with zero attached hydrogens (tertiary/aromatic N) is 1. The summed E-state index contributed by atoms with van der Waals surface area (Å²) in [6.45, 7) is 0. The van der Waals surface area contributed by atoms with Crippen molar-refractivity contribution < 1.29 is 9.90 Å². The Bertz CT molecular complexity index is 909. The van der Waals surface area contributed by atoms with Gasteiger partial charge in [0.05, 0.1) is 11.5 Å². The lowest BCUT2D eigenvalue weighted by Crippen LogP contribution is -2.24. The molecule has 0 spiro atoms. The lowest BCUT2D eigenvalue weighted by atomic mass is 9.99. The van der Waals surface area contributed by atoms with Gasteiger partial charge in [-0.05, 0) is 17.7 Å². The van der Waals surface area contributed by atoms with E-state index in [4.69, 9.17) is 0 Å². The SMILES string of the molecule is Cn1cc(-c2ccccc2C(=O)[O-])c(=O)c2ccccc21. The minimum atomic E-state index is -1.29. The van der Waals surface area contributed by atoms with Gasteiger partial charge >= 0.3 is 0 Å². The highest BCUT2D eigenvalue weighted by Crippen LogP contribution is 2.22. The number of aromatic carboxylic acids is 1. The predicted octanol–water partition coefficient (Wildman–Crippen LogP) is 1.57. The quantitative estimate of drug-likeness (QED) is 0.715. The van der Waals surface area contributed by atoms with Crippen LogP contribution in [0.5, 0.6) is 0 Å². The zero-order valence-corrected chi connectivity index (χ0v) is 11.4. The first-order valence-corrected chi connectivity index (χ1v) is 6.48. The number of hydrogen-bond donors (Lipinski definition) is 0. The van der Waals surface area contributed by atoms with Gasteiger partial charge in [-0.3, -0.25) is 4.79 Å². The van der Waals surface area contributed by atoms with Crippen molar-refractivity contribution in [3.63, 3.8) is 0 Å². The van der Waals surface area contributed by atoms with Crippen LogP contribution in [0.2, 0.25) is 0 Å². The number of fused-ring (bicyclic) bond motifs is 1. The highest BCUT2D eigenvalue weighted by atomic mass is 16.4. The van der Waals surface area contributed by atoms with Gasteiger partial charge in [-0.25, -0.2) is 0 Å². The van der Waals surface area contributed by atoms with Crippen molar-refractivity contribution in [1.82, 2.24) is 4.57 Å². The molecule has 0 atom stereocenters.